The minimum Gasteiger partial charge on any atom is -0.462 e. The summed E-state index contributed by atoms with van der Waals surface area (Å²) in [5.41, 5.74) is 0.0991. The number of para-hydroxylation sites is 1. The minimum absolute atomic E-state index is 0.0991. The summed E-state index contributed by atoms with van der Waals surface area (Å²) in [6.45, 7) is 9.39. The first kappa shape index (κ1) is 18.1. The molecule has 0 bridgehead atoms. The lowest BCUT2D eigenvalue weighted by atomic mass is 10.3. The first-order chi connectivity index (χ1) is 9.74. The molecule has 1 aromatic rings. The predicted molar refractivity (Wildman–Crippen MR) is 90.3 cm³/mol. The fourth-order valence-corrected chi connectivity index (χ4v) is 3.95. The van der Waals surface area contributed by atoms with E-state index in [0.29, 0.717) is 5.75 Å². The molecule has 0 saturated carbocycles. The standard InChI is InChI=1S/C15H24NO3PS/c1-11(2)18-15(17)13(5)16-20(21,12(3)4)19-14-9-7-6-8-10-14/h6-13H,1-5H3,(H,16,21)/t13-,20+/m1/s1. The smallest absolute Gasteiger partial charge is 0.323 e. The summed E-state index contributed by atoms with van der Waals surface area (Å²) in [5.74, 6) is 0.406. The second-order valence-electron chi connectivity index (χ2n) is 5.43. The molecule has 0 aliphatic heterocycles. The van der Waals surface area contributed by atoms with Crippen molar-refractivity contribution in [2.45, 2.75) is 52.4 Å². The third kappa shape index (κ3) is 5.77. The highest BCUT2D eigenvalue weighted by Gasteiger charge is 2.29. The van der Waals surface area contributed by atoms with Gasteiger partial charge in [-0.15, -0.1) is 0 Å². The molecule has 2 atom stereocenters. The van der Waals surface area contributed by atoms with Crippen molar-refractivity contribution in [2.24, 2.45) is 0 Å². The third-order valence-electron chi connectivity index (χ3n) is 2.74. The molecule has 21 heavy (non-hydrogen) atoms. The van der Waals surface area contributed by atoms with Crippen LogP contribution in [0.25, 0.3) is 0 Å². The Morgan fingerprint density at radius 1 is 1.14 bits per heavy atom. The Kier molecular flexibility index (Phi) is 6.85. The summed E-state index contributed by atoms with van der Waals surface area (Å²) in [4.78, 5) is 11.9. The van der Waals surface area contributed by atoms with E-state index < -0.39 is 12.5 Å². The first-order valence-corrected chi connectivity index (χ1v) is 9.86. The van der Waals surface area contributed by atoms with E-state index >= 15 is 0 Å². The summed E-state index contributed by atoms with van der Waals surface area (Å²) >= 11 is 5.69. The zero-order valence-corrected chi connectivity index (χ0v) is 14.9. The number of carbonyl (C=O) groups excluding carboxylic acids is 1. The number of benzene rings is 1. The van der Waals surface area contributed by atoms with Gasteiger partial charge in [0.2, 0.25) is 0 Å². The minimum atomic E-state index is -2.38. The molecule has 0 unspecified atom stereocenters. The lowest BCUT2D eigenvalue weighted by molar-refractivity contribution is -0.148. The predicted octanol–water partition coefficient (Wildman–Crippen LogP) is 3.71. The monoisotopic (exact) mass is 329 g/mol. The van der Waals surface area contributed by atoms with Crippen molar-refractivity contribution >= 4 is 24.2 Å². The van der Waals surface area contributed by atoms with E-state index in [2.05, 4.69) is 5.09 Å². The molecule has 0 aromatic heterocycles. The molecule has 4 nitrogen and oxygen atoms in total. The highest BCUT2D eigenvalue weighted by Crippen LogP contribution is 2.48. The Bertz CT molecular complexity index is 505. The molecule has 6 heteroatoms. The molecular weight excluding hydrogens is 305 g/mol. The van der Waals surface area contributed by atoms with E-state index in [9.17, 15) is 4.79 Å². The Hall–Kier alpha value is -0.900. The molecule has 0 amide bonds. The van der Waals surface area contributed by atoms with Gasteiger partial charge >= 0.3 is 5.97 Å². The van der Waals surface area contributed by atoms with Gasteiger partial charge in [0.05, 0.1) is 6.10 Å². The van der Waals surface area contributed by atoms with Crippen molar-refractivity contribution < 1.29 is 14.1 Å². The topological polar surface area (TPSA) is 47.6 Å². The summed E-state index contributed by atoms with van der Waals surface area (Å²) in [7, 11) is 0. The maximum atomic E-state index is 11.9. The van der Waals surface area contributed by atoms with Gasteiger partial charge in [-0.05, 0) is 44.7 Å². The number of carbonyl (C=O) groups is 1. The van der Waals surface area contributed by atoms with E-state index in [0.717, 1.165) is 0 Å². The number of rotatable bonds is 7. The second-order valence-corrected chi connectivity index (χ2v) is 9.73. The van der Waals surface area contributed by atoms with Crippen LogP contribution in [0.4, 0.5) is 0 Å². The normalized spacial score (nSPS) is 15.6. The molecule has 0 spiro atoms. The van der Waals surface area contributed by atoms with E-state index in [1.807, 2.05) is 58.0 Å². The molecule has 1 rings (SSSR count). The fourth-order valence-electron chi connectivity index (χ4n) is 1.58. The summed E-state index contributed by atoms with van der Waals surface area (Å²) in [5, 5.41) is 3.18. The van der Waals surface area contributed by atoms with Gasteiger partial charge < -0.3 is 9.26 Å². The zero-order valence-electron chi connectivity index (χ0n) is 13.2. The largest absolute Gasteiger partial charge is 0.462 e. The fraction of sp³-hybridized carbons (Fsp3) is 0.533. The van der Waals surface area contributed by atoms with Gasteiger partial charge in [-0.1, -0.05) is 32.0 Å². The van der Waals surface area contributed by atoms with E-state index in [1.54, 1.807) is 6.92 Å². The number of nitrogens with one attached hydrogen (secondary N) is 1. The zero-order chi connectivity index (χ0) is 16.0. The highest BCUT2D eigenvalue weighted by atomic mass is 32.4. The molecule has 1 N–H and O–H groups in total. The molecule has 0 radical (unpaired) electrons. The van der Waals surface area contributed by atoms with E-state index in [4.69, 9.17) is 21.1 Å². The lowest BCUT2D eigenvalue weighted by Gasteiger charge is -2.30. The molecule has 1 aromatic carbocycles. The quantitative estimate of drug-likeness (QED) is 0.610. The van der Waals surface area contributed by atoms with Crippen molar-refractivity contribution in [1.82, 2.24) is 5.09 Å². The second kappa shape index (κ2) is 7.92. The number of hydrogen-bond acceptors (Lipinski definition) is 4. The molecule has 0 fully saturated rings. The summed E-state index contributed by atoms with van der Waals surface area (Å²) < 4.78 is 11.2. The average molecular weight is 329 g/mol. The van der Waals surface area contributed by atoms with Gasteiger partial charge in [0.15, 0.2) is 6.42 Å². The number of hydrogen-bond donors (Lipinski definition) is 1. The molecule has 0 aliphatic carbocycles. The average Bonchev–Trinajstić information content (AvgIpc) is 2.38. The highest BCUT2D eigenvalue weighted by molar-refractivity contribution is 8.11. The SMILES string of the molecule is CC(C)OC(=O)[C@@H](C)N[P@](=S)(Oc1ccccc1)C(C)C. The maximum absolute atomic E-state index is 11.9. The van der Waals surface area contributed by atoms with Crippen LogP contribution in [0.1, 0.15) is 34.6 Å². The van der Waals surface area contributed by atoms with Crippen LogP contribution in [-0.2, 0) is 21.3 Å². The maximum Gasteiger partial charge on any atom is 0.323 e. The van der Waals surface area contributed by atoms with Gasteiger partial charge in [0.1, 0.15) is 11.8 Å². The number of ether oxygens (including phenoxy) is 1. The van der Waals surface area contributed by atoms with E-state index in [-0.39, 0.29) is 17.7 Å². The summed E-state index contributed by atoms with van der Waals surface area (Å²) in [6, 6.07) is 8.94. The Morgan fingerprint density at radius 2 is 1.71 bits per heavy atom. The molecule has 0 heterocycles. The van der Waals surface area contributed by atoms with Gasteiger partial charge in [0.25, 0.3) is 0 Å². The Labute approximate surface area is 132 Å². The Balaban J connectivity index is 2.81. The third-order valence-corrected chi connectivity index (χ3v) is 7.14. The van der Waals surface area contributed by atoms with Crippen molar-refractivity contribution in [1.29, 1.82) is 0 Å². The summed E-state index contributed by atoms with van der Waals surface area (Å²) in [6.07, 6.45) is -2.53. The van der Waals surface area contributed by atoms with Crippen LogP contribution in [0, 0.1) is 0 Å². The van der Waals surface area contributed by atoms with Crippen LogP contribution < -0.4 is 9.61 Å². The van der Waals surface area contributed by atoms with Gasteiger partial charge in [-0.25, -0.2) is 5.09 Å². The van der Waals surface area contributed by atoms with Crippen molar-refractivity contribution in [3.8, 4) is 5.75 Å². The van der Waals surface area contributed by atoms with Crippen LogP contribution in [-0.4, -0.2) is 23.8 Å². The van der Waals surface area contributed by atoms with Crippen LogP contribution in [0.2, 0.25) is 0 Å². The van der Waals surface area contributed by atoms with Gasteiger partial charge in [-0.3, -0.25) is 4.79 Å². The van der Waals surface area contributed by atoms with Gasteiger partial charge in [0, 0.05) is 5.66 Å². The lowest BCUT2D eigenvalue weighted by Crippen LogP contribution is -2.37. The Morgan fingerprint density at radius 3 is 2.19 bits per heavy atom. The van der Waals surface area contributed by atoms with Crippen LogP contribution in [0.15, 0.2) is 30.3 Å². The van der Waals surface area contributed by atoms with E-state index in [1.165, 1.54) is 0 Å². The van der Waals surface area contributed by atoms with Crippen LogP contribution in [0.3, 0.4) is 0 Å². The van der Waals surface area contributed by atoms with Crippen LogP contribution in [0.5, 0.6) is 5.75 Å². The van der Waals surface area contributed by atoms with Crippen molar-refractivity contribution in [3.63, 3.8) is 0 Å². The van der Waals surface area contributed by atoms with Gasteiger partial charge in [-0.2, -0.15) is 0 Å². The molecular formula is C15H24NO3PS. The van der Waals surface area contributed by atoms with Crippen molar-refractivity contribution in [2.75, 3.05) is 0 Å². The van der Waals surface area contributed by atoms with Crippen molar-refractivity contribution in [3.05, 3.63) is 30.3 Å². The van der Waals surface area contributed by atoms with Crippen LogP contribution >= 0.6 is 6.42 Å². The molecule has 0 saturated heterocycles. The number of esters is 1. The molecule has 118 valence electrons. The molecule has 0 aliphatic rings. The first-order valence-electron chi connectivity index (χ1n) is 7.07.